The number of rotatable bonds is 4. The molecule has 0 spiro atoms. The Balaban J connectivity index is 1.62. The average Bonchev–Trinajstić information content (AvgIpc) is 2.61. The molecule has 0 saturated carbocycles. The van der Waals surface area contributed by atoms with Crippen LogP contribution >= 0.6 is 12.2 Å². The van der Waals surface area contributed by atoms with Crippen molar-refractivity contribution in [2.24, 2.45) is 0 Å². The second-order valence-electron chi connectivity index (χ2n) is 5.96. The first-order valence-electron chi connectivity index (χ1n) is 8.30. The largest absolute Gasteiger partial charge is 0.491 e. The molecule has 0 radical (unpaired) electrons. The lowest BCUT2D eigenvalue weighted by Crippen LogP contribution is -2.34. The number of amides is 1. The first-order chi connectivity index (χ1) is 12.5. The molecule has 0 atom stereocenters. The van der Waals surface area contributed by atoms with Crippen LogP contribution in [0.15, 0.2) is 42.5 Å². The molecule has 0 aliphatic carbocycles. The van der Waals surface area contributed by atoms with Crippen LogP contribution in [0.25, 0.3) is 0 Å². The Morgan fingerprint density at radius 1 is 1.12 bits per heavy atom. The van der Waals surface area contributed by atoms with Gasteiger partial charge in [0.15, 0.2) is 16.6 Å². The van der Waals surface area contributed by atoms with E-state index in [-0.39, 0.29) is 17.1 Å². The zero-order valence-electron chi connectivity index (χ0n) is 14.6. The van der Waals surface area contributed by atoms with Crippen molar-refractivity contribution in [2.75, 3.05) is 18.5 Å². The number of fused-ring (bicyclic) bond motifs is 1. The topological polar surface area (TPSA) is 68.8 Å². The lowest BCUT2D eigenvalue weighted by atomic mass is 10.2. The van der Waals surface area contributed by atoms with Crippen LogP contribution in [0.3, 0.4) is 0 Å². The quantitative estimate of drug-likeness (QED) is 0.802. The third-order valence-electron chi connectivity index (χ3n) is 3.50. The molecule has 0 unspecified atom stereocenters. The summed E-state index contributed by atoms with van der Waals surface area (Å²) in [6, 6.07) is 12.4. The highest BCUT2D eigenvalue weighted by Crippen LogP contribution is 2.32. The molecule has 0 fully saturated rings. The Morgan fingerprint density at radius 2 is 1.88 bits per heavy atom. The average molecular weight is 372 g/mol. The number of benzene rings is 2. The number of hydrogen-bond donors (Lipinski definition) is 2. The number of anilines is 1. The maximum Gasteiger partial charge on any atom is 0.257 e. The van der Waals surface area contributed by atoms with Crippen molar-refractivity contribution >= 4 is 28.9 Å². The summed E-state index contributed by atoms with van der Waals surface area (Å²) in [6.45, 7) is 4.90. The van der Waals surface area contributed by atoms with E-state index in [1.165, 1.54) is 0 Å². The van der Waals surface area contributed by atoms with Crippen molar-refractivity contribution in [3.63, 3.8) is 0 Å². The first kappa shape index (κ1) is 18.0. The van der Waals surface area contributed by atoms with Gasteiger partial charge in [-0.15, -0.1) is 0 Å². The van der Waals surface area contributed by atoms with Gasteiger partial charge in [0, 0.05) is 17.3 Å². The molecular formula is C19H20N2O4S. The summed E-state index contributed by atoms with van der Waals surface area (Å²) in [5.41, 5.74) is 1.17. The van der Waals surface area contributed by atoms with Crippen LogP contribution < -0.4 is 24.8 Å². The van der Waals surface area contributed by atoms with Gasteiger partial charge in [-0.1, -0.05) is 6.07 Å². The molecule has 2 N–H and O–H groups in total. The monoisotopic (exact) mass is 372 g/mol. The molecule has 0 bridgehead atoms. The van der Waals surface area contributed by atoms with Crippen LogP contribution in [0.1, 0.15) is 24.2 Å². The van der Waals surface area contributed by atoms with E-state index in [4.69, 9.17) is 26.4 Å². The molecule has 2 aromatic rings. The Hall–Kier alpha value is -2.80. The standard InChI is InChI=1S/C19H20N2O4S/c1-12(2)25-15-5-3-4-13(10-15)18(22)21-19(26)20-14-6-7-16-17(11-14)24-9-8-23-16/h3-7,10-12H,8-9H2,1-2H3,(H2,20,21,22,26). The summed E-state index contributed by atoms with van der Waals surface area (Å²) in [7, 11) is 0. The van der Waals surface area contributed by atoms with Crippen molar-refractivity contribution in [2.45, 2.75) is 20.0 Å². The van der Waals surface area contributed by atoms with E-state index in [1.54, 1.807) is 30.3 Å². The molecule has 0 saturated heterocycles. The summed E-state index contributed by atoms with van der Waals surface area (Å²) in [4.78, 5) is 12.4. The minimum atomic E-state index is -0.311. The smallest absolute Gasteiger partial charge is 0.257 e. The fourth-order valence-corrected chi connectivity index (χ4v) is 2.65. The maximum atomic E-state index is 12.4. The van der Waals surface area contributed by atoms with Crippen molar-refractivity contribution < 1.29 is 19.0 Å². The molecule has 1 amide bonds. The van der Waals surface area contributed by atoms with Gasteiger partial charge in [0.2, 0.25) is 0 Å². The van der Waals surface area contributed by atoms with Gasteiger partial charge < -0.3 is 19.5 Å². The highest BCUT2D eigenvalue weighted by molar-refractivity contribution is 7.80. The van der Waals surface area contributed by atoms with Crippen molar-refractivity contribution in [1.82, 2.24) is 5.32 Å². The Labute approximate surface area is 157 Å². The highest BCUT2D eigenvalue weighted by atomic mass is 32.1. The van der Waals surface area contributed by atoms with Crippen LogP contribution in [0.2, 0.25) is 0 Å². The molecule has 136 valence electrons. The molecule has 3 rings (SSSR count). The Morgan fingerprint density at radius 3 is 2.65 bits per heavy atom. The highest BCUT2D eigenvalue weighted by Gasteiger charge is 2.13. The van der Waals surface area contributed by atoms with Gasteiger partial charge in [-0.25, -0.2) is 0 Å². The predicted molar refractivity (Wildman–Crippen MR) is 103 cm³/mol. The van der Waals surface area contributed by atoms with Crippen LogP contribution in [-0.2, 0) is 0 Å². The van der Waals surface area contributed by atoms with Gasteiger partial charge in [-0.2, -0.15) is 0 Å². The molecule has 1 heterocycles. The molecule has 2 aromatic carbocycles. The molecule has 0 aromatic heterocycles. The van der Waals surface area contributed by atoms with Crippen LogP contribution in [0.5, 0.6) is 17.2 Å². The molecular weight excluding hydrogens is 352 g/mol. The number of ether oxygens (including phenoxy) is 3. The van der Waals surface area contributed by atoms with E-state index in [0.29, 0.717) is 41.7 Å². The van der Waals surface area contributed by atoms with Gasteiger partial charge >= 0.3 is 0 Å². The number of carbonyl (C=O) groups excluding carboxylic acids is 1. The molecule has 1 aliphatic heterocycles. The number of thiocarbonyl (C=S) groups is 1. The summed E-state index contributed by atoms with van der Waals surface area (Å²) >= 11 is 5.22. The molecule has 1 aliphatic rings. The normalized spacial score (nSPS) is 12.4. The third-order valence-corrected chi connectivity index (χ3v) is 3.70. The maximum absolute atomic E-state index is 12.4. The molecule has 26 heavy (non-hydrogen) atoms. The van der Waals surface area contributed by atoms with E-state index in [1.807, 2.05) is 26.0 Å². The van der Waals surface area contributed by atoms with E-state index < -0.39 is 0 Å². The summed E-state index contributed by atoms with van der Waals surface area (Å²) in [6.07, 6.45) is 0.0336. The van der Waals surface area contributed by atoms with E-state index >= 15 is 0 Å². The summed E-state index contributed by atoms with van der Waals surface area (Å²) < 4.78 is 16.6. The van der Waals surface area contributed by atoms with Gasteiger partial charge in [-0.3, -0.25) is 10.1 Å². The lowest BCUT2D eigenvalue weighted by Gasteiger charge is -2.19. The minimum absolute atomic E-state index is 0.0336. The van der Waals surface area contributed by atoms with Crippen LogP contribution in [0.4, 0.5) is 5.69 Å². The van der Waals surface area contributed by atoms with Gasteiger partial charge in [0.25, 0.3) is 5.91 Å². The number of hydrogen-bond acceptors (Lipinski definition) is 5. The first-order valence-corrected chi connectivity index (χ1v) is 8.71. The second kappa shape index (κ2) is 8.05. The van der Waals surface area contributed by atoms with Gasteiger partial charge in [-0.05, 0) is 56.4 Å². The molecule has 7 heteroatoms. The number of carbonyl (C=O) groups is 1. The van der Waals surface area contributed by atoms with E-state index in [2.05, 4.69) is 10.6 Å². The predicted octanol–water partition coefficient (Wildman–Crippen LogP) is 3.37. The lowest BCUT2D eigenvalue weighted by molar-refractivity contribution is 0.0977. The van der Waals surface area contributed by atoms with Gasteiger partial charge in [0.1, 0.15) is 19.0 Å². The fourth-order valence-electron chi connectivity index (χ4n) is 2.44. The summed E-state index contributed by atoms with van der Waals surface area (Å²) in [5.74, 6) is 1.67. The van der Waals surface area contributed by atoms with Crippen LogP contribution in [0, 0.1) is 0 Å². The second-order valence-corrected chi connectivity index (χ2v) is 6.37. The zero-order valence-corrected chi connectivity index (χ0v) is 15.4. The third kappa shape index (κ3) is 4.64. The Kier molecular flexibility index (Phi) is 5.58. The zero-order chi connectivity index (χ0) is 18.5. The van der Waals surface area contributed by atoms with E-state index in [0.717, 1.165) is 0 Å². The van der Waals surface area contributed by atoms with Gasteiger partial charge in [0.05, 0.1) is 6.10 Å². The number of nitrogens with one attached hydrogen (secondary N) is 2. The SMILES string of the molecule is CC(C)Oc1cccc(C(=O)NC(=S)Nc2ccc3c(c2)OCCO3)c1. The Bertz CT molecular complexity index is 823. The van der Waals surface area contributed by atoms with Crippen LogP contribution in [-0.4, -0.2) is 30.3 Å². The molecule has 6 nitrogen and oxygen atoms in total. The summed E-state index contributed by atoms with van der Waals surface area (Å²) in [5, 5.41) is 5.83. The minimum Gasteiger partial charge on any atom is -0.491 e. The van der Waals surface area contributed by atoms with Crippen molar-refractivity contribution in [3.8, 4) is 17.2 Å². The van der Waals surface area contributed by atoms with Crippen molar-refractivity contribution in [1.29, 1.82) is 0 Å². The van der Waals surface area contributed by atoms with E-state index in [9.17, 15) is 4.79 Å². The van der Waals surface area contributed by atoms with Crippen molar-refractivity contribution in [3.05, 3.63) is 48.0 Å². The fraction of sp³-hybridized carbons (Fsp3) is 0.263.